The van der Waals surface area contributed by atoms with Gasteiger partial charge in [0.05, 0.1) is 0 Å². The molecule has 0 bridgehead atoms. The van der Waals surface area contributed by atoms with Gasteiger partial charge in [0.1, 0.15) is 0 Å². The third kappa shape index (κ3) is 4.37. The van der Waals surface area contributed by atoms with Gasteiger partial charge in [0.25, 0.3) is 0 Å². The maximum absolute atomic E-state index is 3.87. The average Bonchev–Trinajstić information content (AvgIpc) is 2.53. The van der Waals surface area contributed by atoms with Gasteiger partial charge >= 0.3 is 0 Å². The zero-order chi connectivity index (χ0) is 16.9. The Hall–Kier alpha value is -0.850. The topological polar surface area (TPSA) is 12.4 Å². The van der Waals surface area contributed by atoms with Crippen LogP contribution in [0.5, 0.6) is 0 Å². The number of fused-ring (bicyclic) bond motifs is 1. The van der Waals surface area contributed by atoms with Gasteiger partial charge in [0.15, 0.2) is 0 Å². The summed E-state index contributed by atoms with van der Waals surface area (Å²) in [5, 5.41) is 3.09. The molecule has 5 atom stereocenters. The highest BCUT2D eigenvalue weighted by molar-refractivity contribution is 7.90. The van der Waals surface area contributed by atoms with Crippen molar-refractivity contribution in [2.75, 3.05) is 0 Å². The van der Waals surface area contributed by atoms with Gasteiger partial charge in [-0.05, 0) is 83.0 Å². The highest BCUT2D eigenvalue weighted by atomic mass is 32.1. The third-order valence-corrected chi connectivity index (χ3v) is 7.40. The van der Waals surface area contributed by atoms with Crippen molar-refractivity contribution in [2.24, 2.45) is 28.7 Å². The fourth-order valence-electron chi connectivity index (χ4n) is 4.81. The molecule has 0 saturated heterocycles. The Labute approximate surface area is 147 Å². The first-order chi connectivity index (χ1) is 11.0. The molecule has 1 nitrogen and oxygen atoms in total. The fraction of sp³-hybridized carbons (Fsp3) is 0.714. The van der Waals surface area contributed by atoms with E-state index in [0.717, 1.165) is 23.7 Å². The maximum Gasteiger partial charge on any atom is 0.0471 e. The van der Waals surface area contributed by atoms with Crippen LogP contribution in [-0.4, -0.2) is 11.5 Å². The quantitative estimate of drug-likeness (QED) is 0.413. The summed E-state index contributed by atoms with van der Waals surface area (Å²) < 4.78 is 0.280. The maximum atomic E-state index is 3.87. The molecule has 5 unspecified atom stereocenters. The molecular formula is C21H33NS. The van der Waals surface area contributed by atoms with Crippen LogP contribution in [0.4, 0.5) is 0 Å². The van der Waals surface area contributed by atoms with E-state index in [0.29, 0.717) is 0 Å². The Morgan fingerprint density at radius 1 is 1.57 bits per heavy atom. The molecule has 2 aliphatic carbocycles. The van der Waals surface area contributed by atoms with Crippen LogP contribution in [0.1, 0.15) is 66.2 Å². The fourth-order valence-corrected chi connectivity index (χ4v) is 5.73. The van der Waals surface area contributed by atoms with Crippen LogP contribution in [0.15, 0.2) is 28.8 Å². The van der Waals surface area contributed by atoms with E-state index >= 15 is 0 Å². The van der Waals surface area contributed by atoms with Crippen molar-refractivity contribution in [1.29, 1.82) is 0 Å². The average molecular weight is 332 g/mol. The first-order valence-corrected chi connectivity index (χ1v) is 9.99. The van der Waals surface area contributed by atoms with E-state index in [9.17, 15) is 0 Å². The minimum Gasteiger partial charge on any atom is -0.212 e. The van der Waals surface area contributed by atoms with Crippen LogP contribution in [0.3, 0.4) is 0 Å². The van der Waals surface area contributed by atoms with E-state index in [4.69, 9.17) is 0 Å². The van der Waals surface area contributed by atoms with Gasteiger partial charge in [-0.2, -0.15) is 0 Å². The van der Waals surface area contributed by atoms with Crippen molar-refractivity contribution in [3.05, 3.63) is 23.8 Å². The van der Waals surface area contributed by atoms with E-state index in [-0.39, 0.29) is 4.75 Å². The zero-order valence-electron chi connectivity index (χ0n) is 15.3. The van der Waals surface area contributed by atoms with Gasteiger partial charge in [0.2, 0.25) is 0 Å². The molecule has 0 heterocycles. The molecule has 0 spiro atoms. The first kappa shape index (κ1) is 18.5. The summed E-state index contributed by atoms with van der Waals surface area (Å²) in [6, 6.07) is 0. The van der Waals surface area contributed by atoms with Crippen LogP contribution in [0.2, 0.25) is 0 Å². The Kier molecular flexibility index (Phi) is 6.68. The summed E-state index contributed by atoms with van der Waals surface area (Å²) in [6.07, 6.45) is 14.7. The molecule has 0 amide bonds. The molecule has 0 aromatic rings. The predicted molar refractivity (Wildman–Crippen MR) is 105 cm³/mol. The summed E-state index contributed by atoms with van der Waals surface area (Å²) in [7, 11) is 0. The highest BCUT2D eigenvalue weighted by Crippen LogP contribution is 2.54. The standard InChI is InChI=1S/C21H33NS/c1-6-7-8-9-17(3)18-12-13-21(4,23-15-22-5)20-11-10-16(2)14-19(18)20/h6-7,10,17-20H,5,8-9,11-14H2,1-4H3. The van der Waals surface area contributed by atoms with Gasteiger partial charge < -0.3 is 0 Å². The molecule has 0 N–H and O–H groups in total. The third-order valence-electron chi connectivity index (χ3n) is 6.20. The lowest BCUT2D eigenvalue weighted by atomic mass is 9.58. The Morgan fingerprint density at radius 3 is 3.04 bits per heavy atom. The van der Waals surface area contributed by atoms with Crippen molar-refractivity contribution in [3.63, 3.8) is 0 Å². The Morgan fingerprint density at radius 2 is 2.35 bits per heavy atom. The van der Waals surface area contributed by atoms with Crippen LogP contribution >= 0.6 is 11.2 Å². The van der Waals surface area contributed by atoms with Crippen molar-refractivity contribution < 1.29 is 0 Å². The van der Waals surface area contributed by atoms with Gasteiger partial charge in [-0.15, -0.1) is 11.2 Å². The molecule has 1 saturated carbocycles. The van der Waals surface area contributed by atoms with Crippen LogP contribution < -0.4 is 0 Å². The van der Waals surface area contributed by atoms with Crippen molar-refractivity contribution in [3.8, 4) is 5.31 Å². The number of aliphatic imine (C=N–C) groups is 1. The smallest absolute Gasteiger partial charge is 0.0471 e. The predicted octanol–water partition coefficient (Wildman–Crippen LogP) is 6.47. The molecule has 0 aromatic heterocycles. The van der Waals surface area contributed by atoms with Crippen LogP contribution in [0, 0.1) is 29.0 Å². The number of nitrogens with zero attached hydrogens (tertiary/aromatic N) is 1. The molecule has 0 radical (unpaired) electrons. The SMILES string of the molecule is C=NC#SC1(C)CCC(C(C)CCC=CC)C2CC(C)=CCC21. The van der Waals surface area contributed by atoms with Crippen molar-refractivity contribution >= 4 is 17.9 Å². The first-order valence-electron chi connectivity index (χ1n) is 9.17. The van der Waals surface area contributed by atoms with E-state index in [2.05, 4.69) is 62.9 Å². The van der Waals surface area contributed by atoms with Crippen molar-refractivity contribution in [2.45, 2.75) is 71.0 Å². The lowest BCUT2D eigenvalue weighted by Crippen LogP contribution is -2.46. The second-order valence-corrected chi connectivity index (χ2v) is 9.07. The Bertz CT molecular complexity index is 536. The van der Waals surface area contributed by atoms with Gasteiger partial charge in [-0.1, -0.05) is 30.7 Å². The largest absolute Gasteiger partial charge is 0.212 e. The van der Waals surface area contributed by atoms with E-state index < -0.39 is 0 Å². The molecule has 2 heteroatoms. The van der Waals surface area contributed by atoms with E-state index in [1.54, 1.807) is 16.7 Å². The van der Waals surface area contributed by atoms with Gasteiger partial charge in [-0.3, -0.25) is 0 Å². The van der Waals surface area contributed by atoms with E-state index in [1.165, 1.54) is 38.5 Å². The second kappa shape index (κ2) is 8.31. The van der Waals surface area contributed by atoms with Crippen molar-refractivity contribution in [1.82, 2.24) is 0 Å². The molecule has 0 aliphatic heterocycles. The number of rotatable bonds is 4. The minimum atomic E-state index is 0.280. The number of hydrogen-bond acceptors (Lipinski definition) is 1. The summed E-state index contributed by atoms with van der Waals surface area (Å²) in [5.74, 6) is 3.29. The number of allylic oxidation sites excluding steroid dienone is 4. The van der Waals surface area contributed by atoms with Crippen LogP contribution in [-0.2, 0) is 0 Å². The number of hydrogen-bond donors (Lipinski definition) is 0. The molecule has 0 aromatic carbocycles. The van der Waals surface area contributed by atoms with Gasteiger partial charge in [-0.25, -0.2) is 4.99 Å². The molecular weight excluding hydrogens is 298 g/mol. The summed E-state index contributed by atoms with van der Waals surface area (Å²) in [6.45, 7) is 12.9. The molecule has 2 rings (SSSR count). The molecule has 23 heavy (non-hydrogen) atoms. The molecule has 1 fully saturated rings. The van der Waals surface area contributed by atoms with Gasteiger partial charge in [0, 0.05) is 16.8 Å². The monoisotopic (exact) mass is 331 g/mol. The lowest BCUT2D eigenvalue weighted by Gasteiger charge is -2.50. The normalized spacial score (nSPS) is 35.1. The lowest BCUT2D eigenvalue weighted by molar-refractivity contribution is 0.0735. The summed E-state index contributed by atoms with van der Waals surface area (Å²) in [5.41, 5.74) is 1.60. The second-order valence-electron chi connectivity index (χ2n) is 7.75. The molecule has 2 aliphatic rings. The summed E-state index contributed by atoms with van der Waals surface area (Å²) in [4.78, 5) is 3.87. The minimum absolute atomic E-state index is 0.280. The Balaban J connectivity index is 2.19. The zero-order valence-corrected chi connectivity index (χ0v) is 16.2. The van der Waals surface area contributed by atoms with E-state index in [1.807, 2.05) is 0 Å². The summed E-state index contributed by atoms with van der Waals surface area (Å²) >= 11 is 1.80. The molecule has 128 valence electrons. The highest BCUT2D eigenvalue weighted by Gasteiger charge is 2.47. The van der Waals surface area contributed by atoms with Crippen LogP contribution in [0.25, 0.3) is 0 Å².